The van der Waals surface area contributed by atoms with Crippen LogP contribution in [0.15, 0.2) is 24.3 Å². The second-order valence-electron chi connectivity index (χ2n) is 6.87. The molecule has 2 rings (SSSR count). The van der Waals surface area contributed by atoms with Crippen molar-refractivity contribution in [3.8, 4) is 0 Å². The minimum absolute atomic E-state index is 0.0946. The summed E-state index contributed by atoms with van der Waals surface area (Å²) in [6.07, 6.45) is 4.16. The fourth-order valence-electron chi connectivity index (χ4n) is 2.97. The predicted molar refractivity (Wildman–Crippen MR) is 104 cm³/mol. The lowest BCUT2D eigenvalue weighted by Crippen LogP contribution is -2.71. The minimum atomic E-state index is -0.280. The van der Waals surface area contributed by atoms with Gasteiger partial charge >= 0.3 is 5.97 Å². The molecule has 1 fully saturated rings. The molecule has 6 N–H and O–H groups in total. The van der Waals surface area contributed by atoms with Crippen LogP contribution in [-0.2, 0) is 4.74 Å². The molecule has 0 amide bonds. The molecule has 0 radical (unpaired) electrons. The van der Waals surface area contributed by atoms with E-state index >= 15 is 0 Å². The number of esters is 1. The van der Waals surface area contributed by atoms with E-state index in [-0.39, 0.29) is 24.7 Å². The number of nitrogens with two attached hydrogens (primary N) is 1. The third-order valence-corrected chi connectivity index (χ3v) is 4.62. The van der Waals surface area contributed by atoms with Gasteiger partial charge in [0.2, 0.25) is 0 Å². The van der Waals surface area contributed by atoms with E-state index in [2.05, 4.69) is 35.1 Å². The van der Waals surface area contributed by atoms with E-state index in [1.807, 2.05) is 19.1 Å². The maximum Gasteiger partial charge on any atom is 0.338 e. The van der Waals surface area contributed by atoms with Gasteiger partial charge in [-0.3, -0.25) is 16.0 Å². The largest absolute Gasteiger partial charge is 0.462 e. The SMILES string of the molecule is CCCCC(CC)COC(=O)c1ccc(NC2NC(C)NC(N)N2)cc1. The molecule has 7 nitrogen and oxygen atoms in total. The van der Waals surface area contributed by atoms with Gasteiger partial charge in [0, 0.05) is 5.69 Å². The lowest BCUT2D eigenvalue weighted by atomic mass is 10.0. The van der Waals surface area contributed by atoms with E-state index in [9.17, 15) is 4.79 Å². The average molecular weight is 364 g/mol. The summed E-state index contributed by atoms with van der Waals surface area (Å²) in [5.74, 6) is 0.184. The lowest BCUT2D eigenvalue weighted by Gasteiger charge is -2.36. The third-order valence-electron chi connectivity index (χ3n) is 4.62. The first-order chi connectivity index (χ1) is 12.5. The highest BCUT2D eigenvalue weighted by Gasteiger charge is 2.21. The summed E-state index contributed by atoms with van der Waals surface area (Å²) in [5, 5.41) is 12.8. The normalized spacial score (nSPS) is 24.1. The van der Waals surface area contributed by atoms with E-state index in [4.69, 9.17) is 10.5 Å². The highest BCUT2D eigenvalue weighted by atomic mass is 16.5. The van der Waals surface area contributed by atoms with E-state index in [1.54, 1.807) is 12.1 Å². The van der Waals surface area contributed by atoms with Crippen molar-refractivity contribution in [2.75, 3.05) is 11.9 Å². The van der Waals surface area contributed by atoms with Gasteiger partial charge in [0.1, 0.15) is 12.6 Å². The van der Waals surface area contributed by atoms with Crippen LogP contribution in [0.5, 0.6) is 0 Å². The topological polar surface area (TPSA) is 100 Å². The lowest BCUT2D eigenvalue weighted by molar-refractivity contribution is 0.0428. The summed E-state index contributed by atoms with van der Waals surface area (Å²) in [7, 11) is 0. The molecule has 0 aliphatic carbocycles. The molecule has 1 aliphatic rings. The number of rotatable bonds is 9. The number of nitrogens with one attached hydrogen (secondary N) is 4. The number of hydrogen-bond donors (Lipinski definition) is 5. The molecule has 146 valence electrons. The van der Waals surface area contributed by atoms with Crippen LogP contribution in [0.2, 0.25) is 0 Å². The number of benzene rings is 1. The Kier molecular flexibility index (Phi) is 8.31. The number of carbonyl (C=O) groups excluding carboxylic acids is 1. The Morgan fingerprint density at radius 1 is 1.23 bits per heavy atom. The molecule has 1 aromatic rings. The smallest absolute Gasteiger partial charge is 0.338 e. The van der Waals surface area contributed by atoms with Crippen LogP contribution in [0.1, 0.15) is 56.8 Å². The average Bonchev–Trinajstić information content (AvgIpc) is 2.61. The molecule has 0 saturated carbocycles. The highest BCUT2D eigenvalue weighted by Crippen LogP contribution is 2.15. The third kappa shape index (κ3) is 6.57. The Morgan fingerprint density at radius 3 is 2.58 bits per heavy atom. The molecular weight excluding hydrogens is 330 g/mol. The number of ether oxygens (including phenoxy) is 1. The van der Waals surface area contributed by atoms with Gasteiger partial charge in [-0.1, -0.05) is 33.1 Å². The van der Waals surface area contributed by atoms with Gasteiger partial charge in [-0.2, -0.15) is 0 Å². The molecule has 1 aromatic carbocycles. The Labute approximate surface area is 156 Å². The zero-order valence-electron chi connectivity index (χ0n) is 16.0. The molecule has 1 aliphatic heterocycles. The van der Waals surface area contributed by atoms with Crippen LogP contribution in [0.4, 0.5) is 5.69 Å². The van der Waals surface area contributed by atoms with Crippen LogP contribution in [0.25, 0.3) is 0 Å². The maximum atomic E-state index is 12.2. The van der Waals surface area contributed by atoms with E-state index < -0.39 is 0 Å². The predicted octanol–water partition coefficient (Wildman–Crippen LogP) is 2.13. The van der Waals surface area contributed by atoms with Gasteiger partial charge in [0.15, 0.2) is 0 Å². The van der Waals surface area contributed by atoms with Gasteiger partial charge in [-0.25, -0.2) is 4.79 Å². The van der Waals surface area contributed by atoms with Crippen molar-refractivity contribution in [1.29, 1.82) is 0 Å². The summed E-state index contributed by atoms with van der Waals surface area (Å²) in [6, 6.07) is 7.29. The van der Waals surface area contributed by atoms with Crippen molar-refractivity contribution in [3.05, 3.63) is 29.8 Å². The fourth-order valence-corrected chi connectivity index (χ4v) is 2.97. The first-order valence-electron chi connectivity index (χ1n) is 9.59. The van der Waals surface area contributed by atoms with Crippen molar-refractivity contribution >= 4 is 11.7 Å². The summed E-state index contributed by atoms with van der Waals surface area (Å²) >= 11 is 0. The molecule has 0 bridgehead atoms. The van der Waals surface area contributed by atoms with Crippen molar-refractivity contribution in [3.63, 3.8) is 0 Å². The van der Waals surface area contributed by atoms with Gasteiger partial charge in [-0.05, 0) is 43.5 Å². The second kappa shape index (κ2) is 10.5. The molecule has 4 unspecified atom stereocenters. The standard InChI is InChI=1S/C19H33N5O2/c1-4-6-7-14(5-2)12-26-17(25)15-8-10-16(11-9-15)23-19-22-13(3)21-18(20)24-19/h8-11,13-14,18-19,21-24H,4-7,12,20H2,1-3H3. The molecule has 1 saturated heterocycles. The summed E-state index contributed by atoms with van der Waals surface area (Å²) < 4.78 is 5.49. The monoisotopic (exact) mass is 363 g/mol. The van der Waals surface area contributed by atoms with Crippen molar-refractivity contribution in [1.82, 2.24) is 16.0 Å². The number of unbranched alkanes of at least 4 members (excludes halogenated alkanes) is 1. The highest BCUT2D eigenvalue weighted by molar-refractivity contribution is 5.89. The molecule has 0 spiro atoms. The zero-order valence-corrected chi connectivity index (χ0v) is 16.0. The van der Waals surface area contributed by atoms with Crippen LogP contribution >= 0.6 is 0 Å². The van der Waals surface area contributed by atoms with Gasteiger partial charge in [0.25, 0.3) is 0 Å². The number of carbonyl (C=O) groups is 1. The van der Waals surface area contributed by atoms with Gasteiger partial charge < -0.3 is 15.8 Å². The Bertz CT molecular complexity index is 541. The Morgan fingerprint density at radius 2 is 1.96 bits per heavy atom. The Balaban J connectivity index is 1.83. The van der Waals surface area contributed by atoms with Crippen molar-refractivity contribution in [2.45, 2.75) is 65.2 Å². The molecule has 0 aromatic heterocycles. The Hall–Kier alpha value is -1.67. The van der Waals surface area contributed by atoms with E-state index in [0.29, 0.717) is 18.1 Å². The van der Waals surface area contributed by atoms with E-state index in [1.165, 1.54) is 12.8 Å². The van der Waals surface area contributed by atoms with Crippen molar-refractivity contribution < 1.29 is 9.53 Å². The van der Waals surface area contributed by atoms with Crippen molar-refractivity contribution in [2.24, 2.45) is 11.7 Å². The first-order valence-corrected chi connectivity index (χ1v) is 9.59. The summed E-state index contributed by atoms with van der Waals surface area (Å²) in [4.78, 5) is 12.2. The quantitative estimate of drug-likeness (QED) is 0.429. The number of hydrogen-bond acceptors (Lipinski definition) is 7. The summed E-state index contributed by atoms with van der Waals surface area (Å²) in [5.41, 5.74) is 7.33. The van der Waals surface area contributed by atoms with Crippen LogP contribution < -0.4 is 27.0 Å². The molecular formula is C19H33N5O2. The molecule has 4 atom stereocenters. The van der Waals surface area contributed by atoms with Crippen LogP contribution in [0, 0.1) is 5.92 Å². The number of anilines is 1. The van der Waals surface area contributed by atoms with Crippen LogP contribution in [0.3, 0.4) is 0 Å². The molecule has 26 heavy (non-hydrogen) atoms. The fraction of sp³-hybridized carbons (Fsp3) is 0.632. The minimum Gasteiger partial charge on any atom is -0.462 e. The van der Waals surface area contributed by atoms with Crippen LogP contribution in [-0.4, -0.2) is 31.3 Å². The van der Waals surface area contributed by atoms with E-state index in [0.717, 1.165) is 18.5 Å². The van der Waals surface area contributed by atoms with Gasteiger partial charge in [0.05, 0.1) is 18.3 Å². The van der Waals surface area contributed by atoms with Gasteiger partial charge in [-0.15, -0.1) is 0 Å². The zero-order chi connectivity index (χ0) is 18.9. The maximum absolute atomic E-state index is 12.2. The second-order valence-corrected chi connectivity index (χ2v) is 6.87. The molecule has 7 heteroatoms. The molecule has 1 heterocycles. The summed E-state index contributed by atoms with van der Waals surface area (Å²) in [6.45, 7) is 6.81. The first kappa shape index (κ1) is 20.6.